The van der Waals surface area contributed by atoms with E-state index in [-0.39, 0.29) is 23.3 Å². The molecular weight excluding hydrogens is 492 g/mol. The van der Waals surface area contributed by atoms with Crippen LogP contribution in [0.4, 0.5) is 5.69 Å². The van der Waals surface area contributed by atoms with Crippen LogP contribution in [0.3, 0.4) is 0 Å². The SMILES string of the molecule is COc1ccc(S(=O)(=O)N(CC(=O)NC(C)COc2ccccc2C)c2cc(C)cc(C)c2)cc1OC. The first-order chi connectivity index (χ1) is 17.5. The number of hydrogen-bond donors (Lipinski definition) is 1. The van der Waals surface area contributed by atoms with Gasteiger partial charge in [-0.15, -0.1) is 0 Å². The second kappa shape index (κ2) is 12.0. The summed E-state index contributed by atoms with van der Waals surface area (Å²) in [5.41, 5.74) is 3.14. The summed E-state index contributed by atoms with van der Waals surface area (Å²) in [4.78, 5) is 13.0. The van der Waals surface area contributed by atoms with Crippen LogP contribution in [-0.4, -0.2) is 47.7 Å². The fourth-order valence-electron chi connectivity index (χ4n) is 3.94. The minimum absolute atomic E-state index is 0.0203. The van der Waals surface area contributed by atoms with Gasteiger partial charge in [0.1, 0.15) is 18.9 Å². The van der Waals surface area contributed by atoms with Gasteiger partial charge in [0.25, 0.3) is 10.0 Å². The summed E-state index contributed by atoms with van der Waals surface area (Å²) in [5.74, 6) is 0.954. The number of sulfonamides is 1. The number of nitrogens with zero attached hydrogens (tertiary/aromatic N) is 1. The average molecular weight is 527 g/mol. The van der Waals surface area contributed by atoms with Crippen LogP contribution < -0.4 is 23.8 Å². The van der Waals surface area contributed by atoms with Crippen molar-refractivity contribution in [2.24, 2.45) is 0 Å². The lowest BCUT2D eigenvalue weighted by Gasteiger charge is -2.26. The lowest BCUT2D eigenvalue weighted by molar-refractivity contribution is -0.120. The smallest absolute Gasteiger partial charge is 0.264 e. The van der Waals surface area contributed by atoms with Crippen LogP contribution in [-0.2, 0) is 14.8 Å². The third-order valence-electron chi connectivity index (χ3n) is 5.71. The van der Waals surface area contributed by atoms with Crippen molar-refractivity contribution < 1.29 is 27.4 Å². The summed E-state index contributed by atoms with van der Waals surface area (Å²) in [6.07, 6.45) is 0. The number of ether oxygens (including phenoxy) is 3. The van der Waals surface area contributed by atoms with E-state index >= 15 is 0 Å². The summed E-state index contributed by atoms with van der Waals surface area (Å²) < 4.78 is 45.1. The molecule has 0 aliphatic rings. The van der Waals surface area contributed by atoms with Crippen molar-refractivity contribution in [3.05, 3.63) is 77.4 Å². The predicted molar refractivity (Wildman–Crippen MR) is 144 cm³/mol. The third-order valence-corrected chi connectivity index (χ3v) is 7.48. The summed E-state index contributed by atoms with van der Waals surface area (Å²) >= 11 is 0. The van der Waals surface area contributed by atoms with E-state index in [0.717, 1.165) is 26.7 Å². The maximum absolute atomic E-state index is 13.8. The van der Waals surface area contributed by atoms with Gasteiger partial charge in [0.15, 0.2) is 11.5 Å². The molecule has 9 heteroatoms. The monoisotopic (exact) mass is 526 g/mol. The van der Waals surface area contributed by atoms with Gasteiger partial charge in [-0.25, -0.2) is 8.42 Å². The minimum Gasteiger partial charge on any atom is -0.493 e. The molecule has 1 unspecified atom stereocenters. The summed E-state index contributed by atoms with van der Waals surface area (Å²) in [5, 5.41) is 2.85. The van der Waals surface area contributed by atoms with Crippen LogP contribution in [0.5, 0.6) is 17.2 Å². The molecule has 0 saturated heterocycles. The van der Waals surface area contributed by atoms with E-state index in [4.69, 9.17) is 14.2 Å². The van der Waals surface area contributed by atoms with Gasteiger partial charge >= 0.3 is 0 Å². The molecule has 3 rings (SSSR count). The van der Waals surface area contributed by atoms with Crippen molar-refractivity contribution in [1.29, 1.82) is 0 Å². The maximum atomic E-state index is 13.8. The highest BCUT2D eigenvalue weighted by Crippen LogP contribution is 2.32. The van der Waals surface area contributed by atoms with E-state index in [2.05, 4.69) is 5.32 Å². The van der Waals surface area contributed by atoms with Crippen molar-refractivity contribution in [2.75, 3.05) is 31.7 Å². The third kappa shape index (κ3) is 6.95. The Morgan fingerprint density at radius 1 is 0.892 bits per heavy atom. The van der Waals surface area contributed by atoms with Gasteiger partial charge in [-0.05, 0) is 74.7 Å². The van der Waals surface area contributed by atoms with E-state index in [0.29, 0.717) is 11.4 Å². The molecule has 0 aliphatic heterocycles. The molecular formula is C28H34N2O6S. The fraction of sp³-hybridized carbons (Fsp3) is 0.321. The Morgan fingerprint density at radius 3 is 2.16 bits per heavy atom. The second-order valence-corrected chi connectivity index (χ2v) is 10.8. The number of anilines is 1. The summed E-state index contributed by atoms with van der Waals surface area (Å²) in [6.45, 7) is 7.34. The molecule has 1 amide bonds. The standard InChI is InChI=1S/C28H34N2O6S/c1-19-13-20(2)15-23(14-19)30(37(32,33)24-11-12-26(34-5)27(16-24)35-6)17-28(31)29-22(4)18-36-25-10-8-7-9-21(25)3/h7-16,22H,17-18H2,1-6H3,(H,29,31). The molecule has 0 aliphatic carbocycles. The van der Waals surface area contributed by atoms with Crippen molar-refractivity contribution in [3.63, 3.8) is 0 Å². The van der Waals surface area contributed by atoms with E-state index in [9.17, 15) is 13.2 Å². The molecule has 0 aromatic heterocycles. The molecule has 0 heterocycles. The van der Waals surface area contributed by atoms with Crippen LogP contribution >= 0.6 is 0 Å². The molecule has 1 atom stereocenters. The van der Waals surface area contributed by atoms with Crippen LogP contribution in [0.1, 0.15) is 23.6 Å². The first-order valence-corrected chi connectivity index (χ1v) is 13.3. The highest BCUT2D eigenvalue weighted by Gasteiger charge is 2.29. The Balaban J connectivity index is 1.86. The number of rotatable bonds is 11. The van der Waals surface area contributed by atoms with Crippen molar-refractivity contribution >= 4 is 21.6 Å². The molecule has 0 saturated carbocycles. The van der Waals surface area contributed by atoms with Crippen LogP contribution in [0, 0.1) is 20.8 Å². The Morgan fingerprint density at radius 2 is 1.54 bits per heavy atom. The Kier molecular flexibility index (Phi) is 9.04. The molecule has 0 bridgehead atoms. The zero-order valence-electron chi connectivity index (χ0n) is 22.1. The first-order valence-electron chi connectivity index (χ1n) is 11.9. The van der Waals surface area contributed by atoms with Crippen LogP contribution in [0.15, 0.2) is 65.6 Å². The molecule has 3 aromatic carbocycles. The first kappa shape index (κ1) is 27.9. The molecule has 3 aromatic rings. The molecule has 1 N–H and O–H groups in total. The average Bonchev–Trinajstić information content (AvgIpc) is 2.85. The van der Waals surface area contributed by atoms with E-state index in [1.165, 1.54) is 32.4 Å². The normalized spacial score (nSPS) is 11.9. The summed E-state index contributed by atoms with van der Waals surface area (Å²) in [7, 11) is -1.22. The van der Waals surface area contributed by atoms with Gasteiger partial charge in [0, 0.05) is 6.07 Å². The summed E-state index contributed by atoms with van der Waals surface area (Å²) in [6, 6.07) is 17.0. The maximum Gasteiger partial charge on any atom is 0.264 e. The Hall–Kier alpha value is -3.72. The van der Waals surface area contributed by atoms with E-state index in [1.54, 1.807) is 19.1 Å². The highest BCUT2D eigenvalue weighted by atomic mass is 32.2. The van der Waals surface area contributed by atoms with Gasteiger partial charge in [-0.3, -0.25) is 9.10 Å². The van der Waals surface area contributed by atoms with Gasteiger partial charge in [-0.1, -0.05) is 24.3 Å². The van der Waals surface area contributed by atoms with Crippen LogP contribution in [0.2, 0.25) is 0 Å². The number of nitrogens with one attached hydrogen (secondary N) is 1. The second-order valence-electron chi connectivity index (χ2n) is 8.92. The molecule has 0 spiro atoms. The van der Waals surface area contributed by atoms with Crippen molar-refractivity contribution in [2.45, 2.75) is 38.6 Å². The van der Waals surface area contributed by atoms with Gasteiger partial charge in [0.2, 0.25) is 5.91 Å². The molecule has 0 fully saturated rings. The van der Waals surface area contributed by atoms with Gasteiger partial charge in [-0.2, -0.15) is 0 Å². The van der Waals surface area contributed by atoms with Gasteiger partial charge in [0.05, 0.1) is 30.8 Å². The lowest BCUT2D eigenvalue weighted by atomic mass is 10.1. The Labute approximate surface area is 219 Å². The number of benzene rings is 3. The van der Waals surface area contributed by atoms with E-state index < -0.39 is 22.5 Å². The molecule has 37 heavy (non-hydrogen) atoms. The van der Waals surface area contributed by atoms with Crippen molar-refractivity contribution in [3.8, 4) is 17.2 Å². The minimum atomic E-state index is -4.13. The van der Waals surface area contributed by atoms with Crippen molar-refractivity contribution in [1.82, 2.24) is 5.32 Å². The topological polar surface area (TPSA) is 94.2 Å². The zero-order chi connectivity index (χ0) is 27.2. The van der Waals surface area contributed by atoms with Crippen LogP contribution in [0.25, 0.3) is 0 Å². The van der Waals surface area contributed by atoms with E-state index in [1.807, 2.05) is 51.1 Å². The number of para-hydroxylation sites is 1. The largest absolute Gasteiger partial charge is 0.493 e. The zero-order valence-corrected chi connectivity index (χ0v) is 22.9. The number of methoxy groups -OCH3 is 2. The Bertz CT molecular complexity index is 1340. The molecule has 0 radical (unpaired) electrons. The molecule has 8 nitrogen and oxygen atoms in total. The lowest BCUT2D eigenvalue weighted by Crippen LogP contribution is -2.45. The highest BCUT2D eigenvalue weighted by molar-refractivity contribution is 7.92. The number of aryl methyl sites for hydroxylation is 3. The predicted octanol–water partition coefficient (Wildman–Crippen LogP) is 4.41. The quantitative estimate of drug-likeness (QED) is 0.398. The molecule has 198 valence electrons. The van der Waals surface area contributed by atoms with Gasteiger partial charge < -0.3 is 19.5 Å². The number of hydrogen-bond acceptors (Lipinski definition) is 6. The fourth-order valence-corrected chi connectivity index (χ4v) is 5.36. The number of carbonyl (C=O) groups excluding carboxylic acids is 1. The number of carbonyl (C=O) groups is 1. The number of amides is 1.